The van der Waals surface area contributed by atoms with Gasteiger partial charge in [-0.2, -0.15) is 5.10 Å². The van der Waals surface area contributed by atoms with Crippen LogP contribution in [0.4, 0.5) is 4.79 Å². The molecule has 0 bridgehead atoms. The molecule has 0 aliphatic carbocycles. The summed E-state index contributed by atoms with van der Waals surface area (Å²) in [6, 6.07) is 16.8. The zero-order valence-electron chi connectivity index (χ0n) is 16.8. The Labute approximate surface area is 175 Å². The Morgan fingerprint density at radius 2 is 1.70 bits per heavy atom. The van der Waals surface area contributed by atoms with Crippen molar-refractivity contribution in [2.45, 2.75) is 19.6 Å². The van der Waals surface area contributed by atoms with Crippen LogP contribution in [0.2, 0.25) is 0 Å². The second-order valence-electron chi connectivity index (χ2n) is 6.68. The third-order valence-corrected chi connectivity index (χ3v) is 4.41. The van der Waals surface area contributed by atoms with E-state index >= 15 is 0 Å². The number of nitrogens with zero attached hydrogens (tertiary/aromatic N) is 2. The summed E-state index contributed by atoms with van der Waals surface area (Å²) in [7, 11) is 1.60. The van der Waals surface area contributed by atoms with E-state index in [1.807, 2.05) is 65.5 Å². The fourth-order valence-corrected chi connectivity index (χ4v) is 2.83. The Morgan fingerprint density at radius 3 is 2.43 bits per heavy atom. The van der Waals surface area contributed by atoms with E-state index in [2.05, 4.69) is 21.0 Å². The first kappa shape index (κ1) is 20.9. The lowest BCUT2D eigenvalue weighted by molar-refractivity contribution is -0.120. The maximum atomic E-state index is 12.0. The van der Waals surface area contributed by atoms with Crippen molar-refractivity contribution < 1.29 is 14.3 Å². The number of rotatable bonds is 9. The zero-order valence-corrected chi connectivity index (χ0v) is 16.8. The molecule has 0 fully saturated rings. The molecule has 1 heterocycles. The van der Waals surface area contributed by atoms with E-state index in [-0.39, 0.29) is 12.5 Å². The first-order valence-corrected chi connectivity index (χ1v) is 9.59. The van der Waals surface area contributed by atoms with E-state index in [9.17, 15) is 9.59 Å². The lowest BCUT2D eigenvalue weighted by atomic mass is 10.1. The molecular weight excluding hydrogens is 382 g/mol. The number of carbonyl (C=O) groups excluding carboxylic acids is 2. The molecule has 0 saturated carbocycles. The fraction of sp³-hybridized carbons (Fsp3) is 0.227. The molecule has 0 atom stereocenters. The van der Waals surface area contributed by atoms with E-state index in [0.717, 1.165) is 22.4 Å². The Bertz CT molecular complexity index is 955. The third-order valence-electron chi connectivity index (χ3n) is 4.41. The highest BCUT2D eigenvalue weighted by atomic mass is 16.5. The molecule has 0 radical (unpaired) electrons. The van der Waals surface area contributed by atoms with Gasteiger partial charge in [0.1, 0.15) is 5.75 Å². The summed E-state index contributed by atoms with van der Waals surface area (Å²) in [5, 5.41) is 12.3. The van der Waals surface area contributed by atoms with Crippen molar-refractivity contribution in [1.29, 1.82) is 0 Å². The fourth-order valence-electron chi connectivity index (χ4n) is 2.83. The second-order valence-corrected chi connectivity index (χ2v) is 6.68. The molecule has 156 valence electrons. The minimum absolute atomic E-state index is 0.0959. The van der Waals surface area contributed by atoms with Crippen LogP contribution in [0.5, 0.6) is 5.75 Å². The molecule has 3 amide bonds. The summed E-state index contributed by atoms with van der Waals surface area (Å²) in [6.07, 6.45) is 3.64. The molecule has 0 spiro atoms. The van der Waals surface area contributed by atoms with Crippen molar-refractivity contribution in [3.8, 4) is 5.75 Å². The van der Waals surface area contributed by atoms with Crippen molar-refractivity contribution >= 4 is 11.9 Å². The van der Waals surface area contributed by atoms with Gasteiger partial charge >= 0.3 is 6.03 Å². The number of nitrogens with one attached hydrogen (secondary N) is 3. The third kappa shape index (κ3) is 6.66. The van der Waals surface area contributed by atoms with Gasteiger partial charge in [-0.1, -0.05) is 36.4 Å². The molecule has 3 rings (SSSR count). The number of methoxy groups -OCH3 is 1. The standard InChI is InChI=1S/C22H25N5O3/c1-30-20-8-6-17(7-9-20)13-23-21(28)15-25-22(29)24-14-18-4-2-5-19(12-18)16-27-11-3-10-26-27/h2-12H,13-16H2,1H3,(H,23,28)(H2,24,25,29). The predicted octanol–water partition coefficient (Wildman–Crippen LogP) is 2.06. The Morgan fingerprint density at radius 1 is 0.933 bits per heavy atom. The molecule has 0 saturated heterocycles. The van der Waals surface area contributed by atoms with E-state index in [1.165, 1.54) is 0 Å². The van der Waals surface area contributed by atoms with E-state index < -0.39 is 6.03 Å². The van der Waals surface area contributed by atoms with Gasteiger partial charge in [0.25, 0.3) is 0 Å². The van der Waals surface area contributed by atoms with Crippen LogP contribution in [0.3, 0.4) is 0 Å². The van der Waals surface area contributed by atoms with Crippen molar-refractivity contribution in [3.05, 3.63) is 83.7 Å². The maximum absolute atomic E-state index is 12.0. The Kier molecular flexibility index (Phi) is 7.43. The van der Waals surface area contributed by atoms with Crippen LogP contribution in [0.25, 0.3) is 0 Å². The SMILES string of the molecule is COc1ccc(CNC(=O)CNC(=O)NCc2cccc(Cn3cccn3)c2)cc1. The predicted molar refractivity (Wildman–Crippen MR) is 113 cm³/mol. The van der Waals surface area contributed by atoms with Crippen LogP contribution >= 0.6 is 0 Å². The smallest absolute Gasteiger partial charge is 0.315 e. The van der Waals surface area contributed by atoms with Crippen LogP contribution < -0.4 is 20.7 Å². The number of benzene rings is 2. The monoisotopic (exact) mass is 407 g/mol. The van der Waals surface area contributed by atoms with Crippen LogP contribution in [0, 0.1) is 0 Å². The number of hydrogen-bond acceptors (Lipinski definition) is 4. The average molecular weight is 407 g/mol. The zero-order chi connectivity index (χ0) is 21.2. The number of aromatic nitrogens is 2. The van der Waals surface area contributed by atoms with Crippen molar-refractivity contribution in [1.82, 2.24) is 25.7 Å². The topological polar surface area (TPSA) is 97.3 Å². The molecule has 2 aromatic carbocycles. The highest BCUT2D eigenvalue weighted by Gasteiger charge is 2.06. The van der Waals surface area contributed by atoms with Crippen LogP contribution in [0.1, 0.15) is 16.7 Å². The van der Waals surface area contributed by atoms with Crippen LogP contribution in [-0.2, 0) is 24.4 Å². The molecule has 8 heteroatoms. The molecule has 1 aromatic heterocycles. The molecule has 0 aliphatic heterocycles. The van der Waals surface area contributed by atoms with E-state index in [4.69, 9.17) is 4.74 Å². The number of carbonyl (C=O) groups is 2. The molecule has 8 nitrogen and oxygen atoms in total. The first-order valence-electron chi connectivity index (χ1n) is 9.59. The highest BCUT2D eigenvalue weighted by Crippen LogP contribution is 2.11. The maximum Gasteiger partial charge on any atom is 0.315 e. The van der Waals surface area contributed by atoms with Gasteiger partial charge in [-0.15, -0.1) is 0 Å². The van der Waals surface area contributed by atoms with Gasteiger partial charge in [0.05, 0.1) is 20.2 Å². The highest BCUT2D eigenvalue weighted by molar-refractivity contribution is 5.83. The largest absolute Gasteiger partial charge is 0.497 e. The minimum atomic E-state index is -0.396. The van der Waals surface area contributed by atoms with E-state index in [0.29, 0.717) is 19.6 Å². The minimum Gasteiger partial charge on any atom is -0.497 e. The second kappa shape index (κ2) is 10.7. The molecular formula is C22H25N5O3. The van der Waals surface area contributed by atoms with Gasteiger partial charge in [-0.05, 0) is 34.9 Å². The average Bonchev–Trinajstić information content (AvgIpc) is 3.28. The Hall–Kier alpha value is -3.81. The lowest BCUT2D eigenvalue weighted by Gasteiger charge is -2.10. The number of amides is 3. The van der Waals surface area contributed by atoms with Crippen molar-refractivity contribution in [2.24, 2.45) is 0 Å². The summed E-state index contributed by atoms with van der Waals surface area (Å²) in [6.45, 7) is 1.32. The summed E-state index contributed by atoms with van der Waals surface area (Å²) in [5.74, 6) is 0.498. The summed E-state index contributed by atoms with van der Waals surface area (Å²) < 4.78 is 6.94. The van der Waals surface area contributed by atoms with Crippen LogP contribution in [0.15, 0.2) is 67.0 Å². The van der Waals surface area contributed by atoms with Gasteiger partial charge in [0, 0.05) is 25.5 Å². The first-order chi connectivity index (χ1) is 14.6. The lowest BCUT2D eigenvalue weighted by Crippen LogP contribution is -2.41. The van der Waals surface area contributed by atoms with Crippen LogP contribution in [-0.4, -0.2) is 35.4 Å². The summed E-state index contributed by atoms with van der Waals surface area (Å²) in [4.78, 5) is 23.9. The quantitative estimate of drug-likeness (QED) is 0.506. The van der Waals surface area contributed by atoms with E-state index in [1.54, 1.807) is 13.3 Å². The molecule has 3 N–H and O–H groups in total. The van der Waals surface area contributed by atoms with Gasteiger partial charge in [-0.25, -0.2) is 4.79 Å². The van der Waals surface area contributed by atoms with Crippen molar-refractivity contribution in [3.63, 3.8) is 0 Å². The van der Waals surface area contributed by atoms with Gasteiger partial charge in [-0.3, -0.25) is 9.48 Å². The van der Waals surface area contributed by atoms with Crippen molar-refractivity contribution in [2.75, 3.05) is 13.7 Å². The summed E-state index contributed by atoms with van der Waals surface area (Å²) >= 11 is 0. The Balaban J connectivity index is 1.36. The number of ether oxygens (including phenoxy) is 1. The molecule has 30 heavy (non-hydrogen) atoms. The summed E-state index contributed by atoms with van der Waals surface area (Å²) in [5.41, 5.74) is 3.01. The normalized spacial score (nSPS) is 10.3. The molecule has 0 aliphatic rings. The molecule has 3 aromatic rings. The van der Waals surface area contributed by atoms with Gasteiger partial charge in [0.2, 0.25) is 5.91 Å². The van der Waals surface area contributed by atoms with Gasteiger partial charge in [0.15, 0.2) is 0 Å². The number of hydrogen-bond donors (Lipinski definition) is 3. The number of urea groups is 1. The molecule has 0 unspecified atom stereocenters. The van der Waals surface area contributed by atoms with Gasteiger partial charge < -0.3 is 20.7 Å².